The quantitative estimate of drug-likeness (QED) is 0.293. The van der Waals surface area contributed by atoms with Crippen molar-refractivity contribution in [2.24, 2.45) is 10.2 Å². The fourth-order valence-electron chi connectivity index (χ4n) is 0.179. The highest BCUT2D eigenvalue weighted by molar-refractivity contribution is 7.40. The molecule has 8 heavy (non-hydrogen) atoms. The van der Waals surface area contributed by atoms with E-state index >= 15 is 0 Å². The summed E-state index contributed by atoms with van der Waals surface area (Å²) in [5.74, 6) is 0. The molecule has 0 aliphatic rings. The van der Waals surface area contributed by atoms with Crippen molar-refractivity contribution in [2.45, 2.75) is 20.8 Å². The van der Waals surface area contributed by atoms with Gasteiger partial charge in [0.2, 0.25) is 0 Å². The maximum atomic E-state index is 3.81. The summed E-state index contributed by atoms with van der Waals surface area (Å²) in [5.41, 5.74) is 1.89. The van der Waals surface area contributed by atoms with Gasteiger partial charge in [-0.2, -0.15) is 10.2 Å². The first-order valence-electron chi connectivity index (χ1n) is 2.44. The lowest BCUT2D eigenvalue weighted by Crippen LogP contribution is -1.78. The molecule has 3 heteroatoms. The lowest BCUT2D eigenvalue weighted by atomic mass is 10.5. The van der Waals surface area contributed by atoms with Crippen LogP contribution in [0.5, 0.6) is 0 Å². The van der Waals surface area contributed by atoms with E-state index in [1.165, 1.54) is 0 Å². The van der Waals surface area contributed by atoms with Gasteiger partial charge in [-0.15, -0.1) is 0 Å². The minimum atomic E-state index is 0.909. The summed E-state index contributed by atoms with van der Waals surface area (Å²) in [4.78, 5) is 0. The van der Waals surface area contributed by atoms with Gasteiger partial charge in [0.15, 0.2) is 0 Å². The Balaban J connectivity index is 3.76. The Morgan fingerprint density at radius 2 is 1.62 bits per heavy atom. The van der Waals surface area contributed by atoms with Gasteiger partial charge in [0.05, 0.1) is 5.45 Å². The van der Waals surface area contributed by atoms with E-state index in [9.17, 15) is 0 Å². The molecular formula is C5H11N2P. The highest BCUT2D eigenvalue weighted by Gasteiger charge is 1.74. The Bertz CT molecular complexity index is 102. The fourth-order valence-corrected chi connectivity index (χ4v) is 0.237. The predicted octanol–water partition coefficient (Wildman–Crippen LogP) is 1.68. The smallest absolute Gasteiger partial charge is 0.0541 e. The molecule has 0 aromatic rings. The van der Waals surface area contributed by atoms with Crippen LogP contribution in [0.15, 0.2) is 10.2 Å². The monoisotopic (exact) mass is 130 g/mol. The van der Waals surface area contributed by atoms with Crippen LogP contribution in [0.25, 0.3) is 0 Å². The molecule has 0 N–H and O–H groups in total. The SMILES string of the molecule is CC(C)=N/N=C(/C)P. The number of hydrogen-bond acceptors (Lipinski definition) is 2. The van der Waals surface area contributed by atoms with Crippen molar-refractivity contribution in [3.8, 4) is 0 Å². The molecule has 0 aliphatic carbocycles. The summed E-state index contributed by atoms with van der Waals surface area (Å²) >= 11 is 0. The summed E-state index contributed by atoms with van der Waals surface area (Å²) in [6.07, 6.45) is 0. The zero-order valence-corrected chi connectivity index (χ0v) is 6.63. The average molecular weight is 130 g/mol. The van der Waals surface area contributed by atoms with Crippen LogP contribution in [0.2, 0.25) is 0 Å². The van der Waals surface area contributed by atoms with Gasteiger partial charge in [0, 0.05) is 5.71 Å². The molecule has 1 atom stereocenters. The fraction of sp³-hybridized carbons (Fsp3) is 0.600. The van der Waals surface area contributed by atoms with Gasteiger partial charge in [0.1, 0.15) is 0 Å². The van der Waals surface area contributed by atoms with Gasteiger partial charge < -0.3 is 0 Å². The Hall–Kier alpha value is -0.230. The molecule has 0 radical (unpaired) electrons. The van der Waals surface area contributed by atoms with Crippen LogP contribution >= 0.6 is 9.24 Å². The normalized spacial score (nSPS) is 11.2. The van der Waals surface area contributed by atoms with E-state index < -0.39 is 0 Å². The van der Waals surface area contributed by atoms with Crippen LogP contribution in [-0.2, 0) is 0 Å². The third-order valence-electron chi connectivity index (χ3n) is 0.408. The van der Waals surface area contributed by atoms with Crippen LogP contribution in [0.4, 0.5) is 0 Å². The predicted molar refractivity (Wildman–Crippen MR) is 41.6 cm³/mol. The first-order chi connectivity index (χ1) is 3.63. The largest absolute Gasteiger partial charge is 0.160 e. The lowest BCUT2D eigenvalue weighted by molar-refractivity contribution is 1.23. The standard InChI is InChI=1S/C5H11N2P/c1-4(2)6-7-5(3)8/h8H2,1-3H3/b7-5-. The van der Waals surface area contributed by atoms with Gasteiger partial charge in [-0.3, -0.25) is 0 Å². The highest BCUT2D eigenvalue weighted by atomic mass is 31.0. The van der Waals surface area contributed by atoms with Gasteiger partial charge in [-0.05, 0) is 20.8 Å². The third-order valence-corrected chi connectivity index (χ3v) is 0.523. The van der Waals surface area contributed by atoms with Gasteiger partial charge in [0.25, 0.3) is 0 Å². The number of hydrogen-bond donors (Lipinski definition) is 0. The maximum Gasteiger partial charge on any atom is 0.0541 e. The van der Waals surface area contributed by atoms with Gasteiger partial charge in [-0.25, -0.2) is 0 Å². The Kier molecular flexibility index (Phi) is 3.63. The Morgan fingerprint density at radius 3 is 1.75 bits per heavy atom. The van der Waals surface area contributed by atoms with Crippen molar-refractivity contribution in [3.63, 3.8) is 0 Å². The second kappa shape index (κ2) is 3.73. The Morgan fingerprint density at radius 1 is 1.12 bits per heavy atom. The van der Waals surface area contributed by atoms with Crippen molar-refractivity contribution in [2.75, 3.05) is 0 Å². The van der Waals surface area contributed by atoms with Gasteiger partial charge in [-0.1, -0.05) is 9.24 Å². The third kappa shape index (κ3) is 5.77. The first-order valence-corrected chi connectivity index (χ1v) is 3.01. The molecule has 0 rings (SSSR count). The molecule has 1 unspecified atom stereocenters. The second-order valence-corrected chi connectivity index (χ2v) is 2.62. The van der Waals surface area contributed by atoms with Gasteiger partial charge >= 0.3 is 0 Å². The average Bonchev–Trinajstić information content (AvgIpc) is 1.61. The van der Waals surface area contributed by atoms with Crippen molar-refractivity contribution >= 4 is 20.4 Å². The molecule has 0 aromatic carbocycles. The second-order valence-electron chi connectivity index (χ2n) is 1.79. The molecule has 0 saturated carbocycles. The van der Waals surface area contributed by atoms with Crippen LogP contribution in [0, 0.1) is 0 Å². The molecule has 46 valence electrons. The zero-order chi connectivity index (χ0) is 6.57. The Labute approximate surface area is 52.3 Å². The molecule has 0 heterocycles. The van der Waals surface area contributed by atoms with E-state index in [0.717, 1.165) is 11.2 Å². The molecule has 0 bridgehead atoms. The summed E-state index contributed by atoms with van der Waals surface area (Å²) in [5, 5.41) is 7.60. The highest BCUT2D eigenvalue weighted by Crippen LogP contribution is 1.88. The molecular weight excluding hydrogens is 119 g/mol. The molecule has 2 nitrogen and oxygen atoms in total. The number of nitrogens with zero attached hydrogens (tertiary/aromatic N) is 2. The zero-order valence-electron chi connectivity index (χ0n) is 5.47. The summed E-state index contributed by atoms with van der Waals surface area (Å²) < 4.78 is 0. The lowest BCUT2D eigenvalue weighted by Gasteiger charge is -1.82. The van der Waals surface area contributed by atoms with E-state index in [1.54, 1.807) is 0 Å². The van der Waals surface area contributed by atoms with Crippen molar-refractivity contribution in [1.29, 1.82) is 0 Å². The molecule has 0 amide bonds. The summed E-state index contributed by atoms with van der Waals surface area (Å²) in [7, 11) is 2.47. The first kappa shape index (κ1) is 7.77. The molecule has 0 aliphatic heterocycles. The van der Waals surface area contributed by atoms with E-state index in [2.05, 4.69) is 19.4 Å². The topological polar surface area (TPSA) is 24.7 Å². The minimum Gasteiger partial charge on any atom is -0.160 e. The molecule has 0 aromatic heterocycles. The van der Waals surface area contributed by atoms with Crippen molar-refractivity contribution in [1.82, 2.24) is 0 Å². The maximum absolute atomic E-state index is 3.81. The minimum absolute atomic E-state index is 0.909. The summed E-state index contributed by atoms with van der Waals surface area (Å²) in [6.45, 7) is 5.71. The van der Waals surface area contributed by atoms with Crippen molar-refractivity contribution < 1.29 is 0 Å². The summed E-state index contributed by atoms with van der Waals surface area (Å²) in [6, 6.07) is 0. The van der Waals surface area contributed by atoms with Crippen LogP contribution < -0.4 is 0 Å². The molecule has 0 fully saturated rings. The van der Waals surface area contributed by atoms with E-state index in [4.69, 9.17) is 0 Å². The molecule has 0 spiro atoms. The van der Waals surface area contributed by atoms with Crippen LogP contribution in [-0.4, -0.2) is 11.2 Å². The van der Waals surface area contributed by atoms with E-state index in [0.29, 0.717) is 0 Å². The molecule has 0 saturated heterocycles. The van der Waals surface area contributed by atoms with Crippen LogP contribution in [0.1, 0.15) is 20.8 Å². The van der Waals surface area contributed by atoms with Crippen LogP contribution in [0.3, 0.4) is 0 Å². The van der Waals surface area contributed by atoms with E-state index in [1.807, 2.05) is 20.8 Å². The van der Waals surface area contributed by atoms with Crippen molar-refractivity contribution in [3.05, 3.63) is 0 Å². The van der Waals surface area contributed by atoms with E-state index in [-0.39, 0.29) is 0 Å². The number of rotatable bonds is 1.